The number of ether oxygens (including phenoxy) is 1. The molecular formula is C24H29N5O4. The Labute approximate surface area is 191 Å². The van der Waals surface area contributed by atoms with Crippen LogP contribution in [0.25, 0.3) is 11.3 Å². The van der Waals surface area contributed by atoms with Crippen molar-refractivity contribution in [3.05, 3.63) is 47.8 Å². The van der Waals surface area contributed by atoms with Gasteiger partial charge in [-0.15, -0.1) is 0 Å². The molecule has 1 aromatic carbocycles. The Hall–Kier alpha value is -3.20. The van der Waals surface area contributed by atoms with E-state index in [2.05, 4.69) is 44.8 Å². The largest absolute Gasteiger partial charge is 0.476 e. The molecule has 3 aromatic rings. The van der Waals surface area contributed by atoms with Crippen molar-refractivity contribution in [3.8, 4) is 17.1 Å². The van der Waals surface area contributed by atoms with E-state index < -0.39 is 5.97 Å². The monoisotopic (exact) mass is 451 g/mol. The maximum Gasteiger partial charge on any atom is 0.359 e. The minimum absolute atomic E-state index is 0.0464. The molecule has 0 radical (unpaired) electrons. The summed E-state index contributed by atoms with van der Waals surface area (Å²) in [7, 11) is 0. The Morgan fingerprint density at radius 1 is 1.03 bits per heavy atom. The third kappa shape index (κ3) is 4.50. The van der Waals surface area contributed by atoms with Crippen LogP contribution >= 0.6 is 0 Å². The molecule has 33 heavy (non-hydrogen) atoms. The van der Waals surface area contributed by atoms with Crippen LogP contribution in [-0.2, 0) is 0 Å². The zero-order valence-electron chi connectivity index (χ0n) is 18.4. The van der Waals surface area contributed by atoms with Crippen LogP contribution in [0.4, 0.5) is 0 Å². The molecule has 2 aliphatic carbocycles. The first-order valence-electron chi connectivity index (χ1n) is 11.7. The lowest BCUT2D eigenvalue weighted by Gasteiger charge is -2.29. The molecule has 2 aliphatic rings. The summed E-state index contributed by atoms with van der Waals surface area (Å²) in [6.45, 7) is 0. The maximum absolute atomic E-state index is 11.2. The van der Waals surface area contributed by atoms with Gasteiger partial charge in [0.25, 0.3) is 5.88 Å². The summed E-state index contributed by atoms with van der Waals surface area (Å²) in [5, 5.41) is 33.8. The number of nitrogens with zero attached hydrogens (tertiary/aromatic N) is 4. The third-order valence-corrected chi connectivity index (χ3v) is 7.04. The number of rotatable bonds is 6. The van der Waals surface area contributed by atoms with Gasteiger partial charge in [-0.25, -0.2) is 9.89 Å². The molecule has 0 amide bonds. The second-order valence-corrected chi connectivity index (χ2v) is 9.09. The van der Waals surface area contributed by atoms with E-state index in [1.807, 2.05) is 16.9 Å². The lowest BCUT2D eigenvalue weighted by Crippen LogP contribution is -2.28. The second-order valence-electron chi connectivity index (χ2n) is 9.09. The number of nitrogens with one attached hydrogen (secondary N) is 1. The fourth-order valence-electron chi connectivity index (χ4n) is 5.22. The molecule has 174 valence electrons. The predicted molar refractivity (Wildman–Crippen MR) is 120 cm³/mol. The number of carboxylic acid groups (broad SMARTS) is 1. The number of hydrogen-bond acceptors (Lipinski definition) is 6. The fraction of sp³-hybridized carbons (Fsp3) is 0.500. The second kappa shape index (κ2) is 9.35. The van der Waals surface area contributed by atoms with E-state index >= 15 is 0 Å². The highest BCUT2D eigenvalue weighted by atomic mass is 16.5. The molecule has 0 bridgehead atoms. The van der Waals surface area contributed by atoms with Crippen molar-refractivity contribution in [1.29, 1.82) is 0 Å². The van der Waals surface area contributed by atoms with Gasteiger partial charge in [-0.2, -0.15) is 5.10 Å². The van der Waals surface area contributed by atoms with Crippen LogP contribution in [0.1, 0.15) is 79.4 Å². The average Bonchev–Trinajstić information content (AvgIpc) is 3.50. The Kier molecular flexibility index (Phi) is 6.13. The molecule has 0 aliphatic heterocycles. The van der Waals surface area contributed by atoms with Crippen LogP contribution in [-0.4, -0.2) is 53.6 Å². The minimum atomic E-state index is -1.12. The fourth-order valence-corrected chi connectivity index (χ4v) is 5.22. The number of carbonyl (C=O) groups is 1. The van der Waals surface area contributed by atoms with Crippen molar-refractivity contribution < 1.29 is 19.7 Å². The topological polar surface area (TPSA) is 126 Å². The first-order chi connectivity index (χ1) is 16.1. The maximum atomic E-state index is 11.2. The van der Waals surface area contributed by atoms with Crippen LogP contribution in [0.5, 0.6) is 5.88 Å². The van der Waals surface area contributed by atoms with Crippen molar-refractivity contribution in [1.82, 2.24) is 25.2 Å². The smallest absolute Gasteiger partial charge is 0.359 e. The van der Waals surface area contributed by atoms with Gasteiger partial charge >= 0.3 is 5.97 Å². The van der Waals surface area contributed by atoms with E-state index in [0.717, 1.165) is 62.6 Å². The molecule has 9 nitrogen and oxygen atoms in total. The normalized spacial score (nSPS) is 25.6. The summed E-state index contributed by atoms with van der Waals surface area (Å²) in [5.74, 6) is -0.613. The van der Waals surface area contributed by atoms with Crippen molar-refractivity contribution in [3.63, 3.8) is 0 Å². The zero-order chi connectivity index (χ0) is 22.8. The highest BCUT2D eigenvalue weighted by Crippen LogP contribution is 2.36. The Balaban J connectivity index is 1.22. The van der Waals surface area contributed by atoms with E-state index in [9.17, 15) is 9.90 Å². The number of aromatic carboxylic acids is 1. The van der Waals surface area contributed by atoms with E-state index in [1.54, 1.807) is 0 Å². The number of aromatic nitrogens is 5. The number of benzene rings is 1. The highest BCUT2D eigenvalue weighted by molar-refractivity contribution is 5.87. The van der Waals surface area contributed by atoms with Gasteiger partial charge in [0.15, 0.2) is 0 Å². The first-order valence-corrected chi connectivity index (χ1v) is 11.7. The van der Waals surface area contributed by atoms with Gasteiger partial charge in [-0.3, -0.25) is 4.68 Å². The van der Waals surface area contributed by atoms with Gasteiger partial charge in [-0.1, -0.05) is 47.4 Å². The molecule has 2 aromatic heterocycles. The summed E-state index contributed by atoms with van der Waals surface area (Å²) in [6.07, 6.45) is 9.04. The molecule has 2 saturated carbocycles. The molecule has 0 spiro atoms. The number of hydrogen-bond donors (Lipinski definition) is 3. The molecule has 2 fully saturated rings. The molecule has 3 N–H and O–H groups in total. The predicted octanol–water partition coefficient (Wildman–Crippen LogP) is 3.95. The van der Waals surface area contributed by atoms with Crippen LogP contribution in [0, 0.1) is 0 Å². The van der Waals surface area contributed by atoms with Crippen molar-refractivity contribution in [2.24, 2.45) is 0 Å². The summed E-state index contributed by atoms with van der Waals surface area (Å²) in [4.78, 5) is 11.2. The van der Waals surface area contributed by atoms with E-state index in [-0.39, 0.29) is 29.8 Å². The van der Waals surface area contributed by atoms with Gasteiger partial charge in [0.2, 0.25) is 5.69 Å². The first kappa shape index (κ1) is 21.6. The van der Waals surface area contributed by atoms with Gasteiger partial charge in [0.05, 0.1) is 17.8 Å². The quantitative estimate of drug-likeness (QED) is 0.518. The van der Waals surface area contributed by atoms with Crippen molar-refractivity contribution in [2.75, 3.05) is 0 Å². The van der Waals surface area contributed by atoms with Gasteiger partial charge in [0, 0.05) is 6.20 Å². The van der Waals surface area contributed by atoms with Crippen molar-refractivity contribution >= 4 is 5.97 Å². The molecule has 9 heteroatoms. The van der Waals surface area contributed by atoms with Crippen LogP contribution < -0.4 is 4.74 Å². The lowest BCUT2D eigenvalue weighted by atomic mass is 9.82. The van der Waals surface area contributed by atoms with Gasteiger partial charge < -0.3 is 14.9 Å². The molecule has 0 unspecified atom stereocenters. The number of carboxylic acids is 1. The van der Waals surface area contributed by atoms with Crippen LogP contribution in [0.2, 0.25) is 0 Å². The Morgan fingerprint density at radius 2 is 1.79 bits per heavy atom. The Morgan fingerprint density at radius 3 is 2.52 bits per heavy atom. The summed E-state index contributed by atoms with van der Waals surface area (Å²) < 4.78 is 7.80. The highest BCUT2D eigenvalue weighted by Gasteiger charge is 2.28. The van der Waals surface area contributed by atoms with Crippen LogP contribution in [0.15, 0.2) is 36.5 Å². The average molecular weight is 452 g/mol. The lowest BCUT2D eigenvalue weighted by molar-refractivity contribution is 0.0677. The number of aliphatic hydroxyl groups excluding tert-OH is 1. The SMILES string of the molecule is O=C(O)c1[nH]nnc1OC1CCC(c2ccc(-c3ccnn3[C@H]3CCCC[C@@H]3O)cc2)CC1. The molecular weight excluding hydrogens is 422 g/mol. The molecule has 2 atom stereocenters. The van der Waals surface area contributed by atoms with E-state index in [1.165, 1.54) is 5.56 Å². The van der Waals surface area contributed by atoms with Gasteiger partial charge in [0.1, 0.15) is 6.10 Å². The molecule has 2 heterocycles. The molecule has 5 rings (SSSR count). The molecule has 0 saturated heterocycles. The van der Waals surface area contributed by atoms with E-state index in [4.69, 9.17) is 9.84 Å². The standard InChI is InChI=1S/C24H29N5O4/c30-21-4-2-1-3-20(21)29-19(13-14-25-29)17-7-5-15(6-8-17)16-9-11-18(12-10-16)33-23-22(24(31)32)26-28-27-23/h5-8,13-14,16,18,20-21,30H,1-4,9-12H2,(H,31,32)(H,26,27,28)/t16?,18?,20-,21-/m0/s1. The summed E-state index contributed by atoms with van der Waals surface area (Å²) in [5.41, 5.74) is 3.35. The van der Waals surface area contributed by atoms with Gasteiger partial charge in [-0.05, 0) is 61.6 Å². The number of H-pyrrole nitrogens is 1. The van der Waals surface area contributed by atoms with Crippen molar-refractivity contribution in [2.45, 2.75) is 75.5 Å². The summed E-state index contributed by atoms with van der Waals surface area (Å²) in [6, 6.07) is 10.7. The number of aromatic amines is 1. The summed E-state index contributed by atoms with van der Waals surface area (Å²) >= 11 is 0. The van der Waals surface area contributed by atoms with Crippen LogP contribution in [0.3, 0.4) is 0 Å². The minimum Gasteiger partial charge on any atom is -0.476 e. The third-order valence-electron chi connectivity index (χ3n) is 7.04. The Bertz CT molecular complexity index is 1080. The zero-order valence-corrected chi connectivity index (χ0v) is 18.4. The van der Waals surface area contributed by atoms with E-state index in [0.29, 0.717) is 5.92 Å². The number of aliphatic hydroxyl groups is 1.